The van der Waals surface area contributed by atoms with Gasteiger partial charge in [-0.25, -0.2) is 0 Å². The maximum atomic E-state index is 10.1. The van der Waals surface area contributed by atoms with Crippen molar-refractivity contribution in [3.05, 3.63) is 24.3 Å². The molecule has 1 aliphatic heterocycles. The van der Waals surface area contributed by atoms with E-state index in [1.165, 1.54) is 0 Å². The quantitative estimate of drug-likeness (QED) is 0.818. The highest BCUT2D eigenvalue weighted by molar-refractivity contribution is 6.45. The SMILES string of the molecule is COc1ccc(OCC(O)CB2OC(C)(C)C(C)(C)O2)cc1. The van der Waals surface area contributed by atoms with Crippen molar-refractivity contribution in [2.45, 2.75) is 51.3 Å². The number of aliphatic hydroxyl groups excluding tert-OH is 1. The zero-order chi connectivity index (χ0) is 16.4. The summed E-state index contributed by atoms with van der Waals surface area (Å²) in [6.45, 7) is 8.16. The highest BCUT2D eigenvalue weighted by Crippen LogP contribution is 2.37. The number of hydrogen-bond donors (Lipinski definition) is 1. The molecule has 1 atom stereocenters. The van der Waals surface area contributed by atoms with Crippen LogP contribution in [0.2, 0.25) is 6.32 Å². The number of rotatable bonds is 6. The molecule has 1 aromatic carbocycles. The lowest BCUT2D eigenvalue weighted by atomic mass is 9.82. The second kappa shape index (κ2) is 6.48. The van der Waals surface area contributed by atoms with Gasteiger partial charge in [0.05, 0.1) is 24.4 Å². The maximum Gasteiger partial charge on any atom is 0.460 e. The molecule has 2 rings (SSSR count). The molecule has 0 amide bonds. The Bertz CT molecular complexity index is 470. The van der Waals surface area contributed by atoms with Crippen molar-refractivity contribution in [1.82, 2.24) is 0 Å². The molecule has 1 fully saturated rings. The van der Waals surface area contributed by atoms with Crippen LogP contribution in [-0.4, -0.2) is 43.2 Å². The van der Waals surface area contributed by atoms with Gasteiger partial charge in [0.1, 0.15) is 18.1 Å². The van der Waals surface area contributed by atoms with Gasteiger partial charge in [0.2, 0.25) is 0 Å². The van der Waals surface area contributed by atoms with Crippen LogP contribution in [0.15, 0.2) is 24.3 Å². The third-order valence-corrected chi connectivity index (χ3v) is 4.27. The van der Waals surface area contributed by atoms with E-state index in [4.69, 9.17) is 18.8 Å². The molecule has 0 aliphatic carbocycles. The highest BCUT2D eigenvalue weighted by Gasteiger charge is 2.51. The summed E-state index contributed by atoms with van der Waals surface area (Å²) in [5.74, 6) is 1.46. The summed E-state index contributed by atoms with van der Waals surface area (Å²) in [6.07, 6.45) is -0.278. The third-order valence-electron chi connectivity index (χ3n) is 4.27. The van der Waals surface area contributed by atoms with Crippen molar-refractivity contribution >= 4 is 7.12 Å². The van der Waals surface area contributed by atoms with Gasteiger partial charge in [0.15, 0.2) is 0 Å². The molecular formula is C16H25BO5. The summed E-state index contributed by atoms with van der Waals surface area (Å²) in [4.78, 5) is 0. The van der Waals surface area contributed by atoms with E-state index in [9.17, 15) is 5.11 Å². The van der Waals surface area contributed by atoms with Crippen molar-refractivity contribution in [2.75, 3.05) is 13.7 Å². The Kier molecular flexibility index (Phi) is 5.05. The zero-order valence-electron chi connectivity index (χ0n) is 14.0. The number of benzene rings is 1. The molecule has 6 heteroatoms. The molecule has 1 heterocycles. The van der Waals surface area contributed by atoms with E-state index >= 15 is 0 Å². The van der Waals surface area contributed by atoms with Gasteiger partial charge in [-0.15, -0.1) is 0 Å². The minimum atomic E-state index is -0.656. The maximum absolute atomic E-state index is 10.1. The van der Waals surface area contributed by atoms with Crippen molar-refractivity contribution in [3.8, 4) is 11.5 Å². The Balaban J connectivity index is 1.80. The van der Waals surface area contributed by atoms with Crippen LogP contribution in [0.1, 0.15) is 27.7 Å². The Labute approximate surface area is 132 Å². The molecule has 0 aromatic heterocycles. The van der Waals surface area contributed by atoms with Crippen LogP contribution in [0, 0.1) is 0 Å². The molecule has 1 aliphatic rings. The van der Waals surface area contributed by atoms with E-state index in [0.717, 1.165) is 5.75 Å². The smallest absolute Gasteiger partial charge is 0.460 e. The lowest BCUT2D eigenvalue weighted by Crippen LogP contribution is -2.41. The summed E-state index contributed by atoms with van der Waals surface area (Å²) >= 11 is 0. The molecule has 22 heavy (non-hydrogen) atoms. The van der Waals surface area contributed by atoms with Gasteiger partial charge >= 0.3 is 7.12 Å². The average Bonchev–Trinajstić information content (AvgIpc) is 2.64. The molecule has 1 unspecified atom stereocenters. The van der Waals surface area contributed by atoms with Crippen LogP contribution in [0.5, 0.6) is 11.5 Å². The van der Waals surface area contributed by atoms with E-state index < -0.39 is 13.2 Å². The lowest BCUT2D eigenvalue weighted by molar-refractivity contribution is 0.00578. The fraction of sp³-hybridized carbons (Fsp3) is 0.625. The first-order chi connectivity index (χ1) is 10.2. The van der Waals surface area contributed by atoms with Crippen molar-refractivity contribution in [2.24, 2.45) is 0 Å². The fourth-order valence-corrected chi connectivity index (χ4v) is 2.22. The van der Waals surface area contributed by atoms with Crippen molar-refractivity contribution < 1.29 is 23.9 Å². The van der Waals surface area contributed by atoms with Gasteiger partial charge in [-0.1, -0.05) is 0 Å². The highest BCUT2D eigenvalue weighted by atomic mass is 16.7. The van der Waals surface area contributed by atoms with Gasteiger partial charge in [0.25, 0.3) is 0 Å². The molecular weight excluding hydrogens is 283 g/mol. The molecule has 1 saturated heterocycles. The van der Waals surface area contributed by atoms with E-state index in [0.29, 0.717) is 12.1 Å². The number of aliphatic hydroxyl groups is 1. The summed E-state index contributed by atoms with van der Waals surface area (Å²) < 4.78 is 22.4. The summed E-state index contributed by atoms with van der Waals surface area (Å²) in [5, 5.41) is 10.1. The first-order valence-corrected chi connectivity index (χ1v) is 7.54. The first-order valence-electron chi connectivity index (χ1n) is 7.54. The minimum Gasteiger partial charge on any atom is -0.497 e. The van der Waals surface area contributed by atoms with Gasteiger partial charge < -0.3 is 23.9 Å². The van der Waals surface area contributed by atoms with Crippen molar-refractivity contribution in [1.29, 1.82) is 0 Å². The second-order valence-electron chi connectivity index (χ2n) is 6.56. The van der Waals surface area contributed by atoms with Gasteiger partial charge in [-0.3, -0.25) is 0 Å². The number of ether oxygens (including phenoxy) is 2. The first kappa shape index (κ1) is 17.1. The number of methoxy groups -OCH3 is 1. The lowest BCUT2D eigenvalue weighted by Gasteiger charge is -2.32. The van der Waals surface area contributed by atoms with E-state index in [2.05, 4.69) is 0 Å². The molecule has 1 N–H and O–H groups in total. The zero-order valence-corrected chi connectivity index (χ0v) is 14.0. The summed E-state index contributed by atoms with van der Waals surface area (Å²) in [7, 11) is 1.20. The Morgan fingerprint density at radius 1 is 1.05 bits per heavy atom. The van der Waals surface area contributed by atoms with Crippen LogP contribution in [0.4, 0.5) is 0 Å². The molecule has 0 saturated carbocycles. The third kappa shape index (κ3) is 3.94. The van der Waals surface area contributed by atoms with Crippen LogP contribution in [-0.2, 0) is 9.31 Å². The van der Waals surface area contributed by atoms with Crippen LogP contribution >= 0.6 is 0 Å². The largest absolute Gasteiger partial charge is 0.497 e. The predicted octanol–water partition coefficient (Wildman–Crippen LogP) is 2.53. The van der Waals surface area contributed by atoms with Crippen LogP contribution in [0.25, 0.3) is 0 Å². The van der Waals surface area contributed by atoms with E-state index in [-0.39, 0.29) is 17.8 Å². The predicted molar refractivity (Wildman–Crippen MR) is 85.4 cm³/mol. The molecule has 0 bridgehead atoms. The summed E-state index contributed by atoms with van der Waals surface area (Å²) in [6, 6.07) is 7.24. The van der Waals surface area contributed by atoms with Crippen molar-refractivity contribution in [3.63, 3.8) is 0 Å². The van der Waals surface area contributed by atoms with Gasteiger partial charge in [-0.2, -0.15) is 0 Å². The van der Waals surface area contributed by atoms with Crippen LogP contribution < -0.4 is 9.47 Å². The molecule has 5 nitrogen and oxygen atoms in total. The Morgan fingerprint density at radius 3 is 2.05 bits per heavy atom. The molecule has 1 aromatic rings. The Hall–Kier alpha value is -1.24. The second-order valence-corrected chi connectivity index (χ2v) is 6.56. The monoisotopic (exact) mass is 308 g/mol. The number of hydrogen-bond acceptors (Lipinski definition) is 5. The fourth-order valence-electron chi connectivity index (χ4n) is 2.22. The van der Waals surface area contributed by atoms with Gasteiger partial charge in [0, 0.05) is 6.32 Å². The standard InChI is InChI=1S/C16H25BO5/c1-15(2)16(3,4)22-17(21-15)10-12(18)11-20-14-8-6-13(19-5)7-9-14/h6-9,12,18H,10-11H2,1-5H3. The van der Waals surface area contributed by atoms with Gasteiger partial charge in [-0.05, 0) is 52.0 Å². The molecule has 0 radical (unpaired) electrons. The van der Waals surface area contributed by atoms with Crippen LogP contribution in [0.3, 0.4) is 0 Å². The van der Waals surface area contributed by atoms with E-state index in [1.807, 2.05) is 39.8 Å². The molecule has 0 spiro atoms. The minimum absolute atomic E-state index is 0.191. The summed E-state index contributed by atoms with van der Waals surface area (Å²) in [5.41, 5.74) is -0.761. The average molecular weight is 308 g/mol. The molecule has 122 valence electrons. The Morgan fingerprint density at radius 2 is 1.55 bits per heavy atom. The normalized spacial score (nSPS) is 20.7. The topological polar surface area (TPSA) is 57.2 Å². The van der Waals surface area contributed by atoms with E-state index in [1.54, 1.807) is 19.2 Å².